The Kier molecular flexibility index (Phi) is 6.74. The van der Waals surface area contributed by atoms with Gasteiger partial charge in [-0.05, 0) is 62.1 Å². The topological polar surface area (TPSA) is 89.6 Å². The van der Waals surface area contributed by atoms with Crippen LogP contribution in [0, 0.1) is 0 Å². The number of ether oxygens (including phenoxy) is 2. The largest absolute Gasteiger partial charge is 0.493 e. The predicted octanol–water partition coefficient (Wildman–Crippen LogP) is 4.61. The minimum absolute atomic E-state index is 0.112. The second-order valence-electron chi connectivity index (χ2n) is 7.85. The summed E-state index contributed by atoms with van der Waals surface area (Å²) in [6.45, 7) is 0. The molecule has 170 valence electrons. The molecule has 0 saturated heterocycles. The van der Waals surface area contributed by atoms with Crippen LogP contribution in [0.5, 0.6) is 11.5 Å². The van der Waals surface area contributed by atoms with Gasteiger partial charge in [-0.15, -0.1) is 0 Å². The number of rotatable bonds is 7. The SMILES string of the molecule is COc1ccc(S(=O)(=O)NC2CCC(Nc3ccnc4cc(Cl)ccc34)CC2)cc1OC. The smallest absolute Gasteiger partial charge is 0.240 e. The molecule has 1 heterocycles. The summed E-state index contributed by atoms with van der Waals surface area (Å²) in [7, 11) is -0.656. The van der Waals surface area contributed by atoms with Gasteiger partial charge in [-0.1, -0.05) is 11.6 Å². The second-order valence-corrected chi connectivity index (χ2v) is 10.0. The number of fused-ring (bicyclic) bond motifs is 1. The number of hydrogen-bond donors (Lipinski definition) is 2. The van der Waals surface area contributed by atoms with E-state index in [0.29, 0.717) is 16.5 Å². The van der Waals surface area contributed by atoms with Gasteiger partial charge < -0.3 is 14.8 Å². The molecule has 0 amide bonds. The van der Waals surface area contributed by atoms with Gasteiger partial charge in [0.15, 0.2) is 11.5 Å². The fourth-order valence-corrected chi connectivity index (χ4v) is 5.58. The first-order chi connectivity index (χ1) is 15.4. The third-order valence-corrected chi connectivity index (χ3v) is 7.53. The van der Waals surface area contributed by atoms with E-state index in [4.69, 9.17) is 21.1 Å². The van der Waals surface area contributed by atoms with Crippen LogP contribution in [-0.4, -0.2) is 39.7 Å². The van der Waals surface area contributed by atoms with Crippen molar-refractivity contribution in [2.24, 2.45) is 0 Å². The highest BCUT2D eigenvalue weighted by atomic mass is 35.5. The lowest BCUT2D eigenvalue weighted by atomic mass is 9.91. The van der Waals surface area contributed by atoms with E-state index < -0.39 is 10.0 Å². The molecule has 32 heavy (non-hydrogen) atoms. The summed E-state index contributed by atoms with van der Waals surface area (Å²) >= 11 is 6.08. The van der Waals surface area contributed by atoms with Crippen molar-refractivity contribution in [2.75, 3.05) is 19.5 Å². The third kappa shape index (κ3) is 4.92. The zero-order chi connectivity index (χ0) is 22.7. The van der Waals surface area contributed by atoms with E-state index in [1.54, 1.807) is 12.3 Å². The van der Waals surface area contributed by atoms with Crippen molar-refractivity contribution < 1.29 is 17.9 Å². The monoisotopic (exact) mass is 475 g/mol. The van der Waals surface area contributed by atoms with Gasteiger partial charge in [-0.2, -0.15) is 0 Å². The van der Waals surface area contributed by atoms with Crippen LogP contribution >= 0.6 is 11.6 Å². The van der Waals surface area contributed by atoms with Crippen LogP contribution < -0.4 is 19.5 Å². The molecule has 0 radical (unpaired) electrons. The first kappa shape index (κ1) is 22.6. The molecular weight excluding hydrogens is 450 g/mol. The van der Waals surface area contributed by atoms with Gasteiger partial charge in [0, 0.05) is 40.4 Å². The number of hydrogen-bond acceptors (Lipinski definition) is 6. The van der Waals surface area contributed by atoms with Gasteiger partial charge in [-0.25, -0.2) is 13.1 Å². The highest BCUT2D eigenvalue weighted by molar-refractivity contribution is 7.89. The molecule has 1 aromatic heterocycles. The molecule has 0 bridgehead atoms. The van der Waals surface area contributed by atoms with E-state index in [1.165, 1.54) is 26.4 Å². The molecule has 9 heteroatoms. The van der Waals surface area contributed by atoms with E-state index in [-0.39, 0.29) is 17.0 Å². The maximum absolute atomic E-state index is 12.9. The molecule has 0 atom stereocenters. The zero-order valence-corrected chi connectivity index (χ0v) is 19.5. The molecule has 1 fully saturated rings. The van der Waals surface area contributed by atoms with Crippen molar-refractivity contribution in [3.63, 3.8) is 0 Å². The van der Waals surface area contributed by atoms with Gasteiger partial charge in [0.05, 0.1) is 24.6 Å². The number of nitrogens with one attached hydrogen (secondary N) is 2. The van der Waals surface area contributed by atoms with Gasteiger partial charge in [0.2, 0.25) is 10.0 Å². The Bertz CT molecular complexity index is 1210. The Morgan fingerprint density at radius 1 is 0.938 bits per heavy atom. The fourth-order valence-electron chi connectivity index (χ4n) is 4.09. The average Bonchev–Trinajstić information content (AvgIpc) is 2.79. The molecule has 0 unspecified atom stereocenters. The Labute approximate surface area is 193 Å². The highest BCUT2D eigenvalue weighted by Crippen LogP contribution is 2.31. The van der Waals surface area contributed by atoms with Crippen molar-refractivity contribution in [3.8, 4) is 11.5 Å². The van der Waals surface area contributed by atoms with Crippen LogP contribution in [0.4, 0.5) is 5.69 Å². The van der Waals surface area contributed by atoms with Crippen molar-refractivity contribution in [1.82, 2.24) is 9.71 Å². The fraction of sp³-hybridized carbons (Fsp3) is 0.348. The molecule has 3 aromatic rings. The van der Waals surface area contributed by atoms with Gasteiger partial charge >= 0.3 is 0 Å². The number of methoxy groups -OCH3 is 2. The number of anilines is 1. The van der Waals surface area contributed by atoms with Crippen LogP contribution in [0.2, 0.25) is 5.02 Å². The molecule has 0 aliphatic heterocycles. The minimum Gasteiger partial charge on any atom is -0.493 e. The summed E-state index contributed by atoms with van der Waals surface area (Å²) in [4.78, 5) is 4.55. The molecular formula is C23H26ClN3O4S. The van der Waals surface area contributed by atoms with Crippen molar-refractivity contribution >= 4 is 38.2 Å². The molecule has 1 aliphatic rings. The number of sulfonamides is 1. The molecule has 1 saturated carbocycles. The van der Waals surface area contributed by atoms with Crippen LogP contribution in [0.15, 0.2) is 53.6 Å². The number of aromatic nitrogens is 1. The molecule has 2 aromatic carbocycles. The zero-order valence-electron chi connectivity index (χ0n) is 18.0. The molecule has 0 spiro atoms. The Morgan fingerprint density at radius 2 is 1.66 bits per heavy atom. The number of halogens is 1. The normalized spacial score (nSPS) is 19.0. The molecule has 4 rings (SSSR count). The van der Waals surface area contributed by atoms with E-state index in [0.717, 1.165) is 42.3 Å². The summed E-state index contributed by atoms with van der Waals surface area (Å²) in [5.41, 5.74) is 1.86. The predicted molar refractivity (Wildman–Crippen MR) is 126 cm³/mol. The lowest BCUT2D eigenvalue weighted by molar-refractivity contribution is 0.353. The van der Waals surface area contributed by atoms with Crippen LogP contribution in [0.3, 0.4) is 0 Å². The summed E-state index contributed by atoms with van der Waals surface area (Å²) in [6, 6.07) is 12.4. The summed E-state index contributed by atoms with van der Waals surface area (Å²) in [5.74, 6) is 0.873. The number of pyridine rings is 1. The highest BCUT2D eigenvalue weighted by Gasteiger charge is 2.26. The van der Waals surface area contributed by atoms with Crippen LogP contribution in [0.1, 0.15) is 25.7 Å². The van der Waals surface area contributed by atoms with E-state index in [9.17, 15) is 8.42 Å². The summed E-state index contributed by atoms with van der Waals surface area (Å²) < 4.78 is 39.0. The Hall–Kier alpha value is -2.55. The lowest BCUT2D eigenvalue weighted by Crippen LogP contribution is -2.40. The van der Waals surface area contributed by atoms with Gasteiger partial charge in [0.1, 0.15) is 0 Å². The third-order valence-electron chi connectivity index (χ3n) is 5.78. The quantitative estimate of drug-likeness (QED) is 0.518. The van der Waals surface area contributed by atoms with Crippen LogP contribution in [-0.2, 0) is 10.0 Å². The number of nitrogens with zero attached hydrogens (tertiary/aromatic N) is 1. The van der Waals surface area contributed by atoms with Crippen molar-refractivity contribution in [1.29, 1.82) is 0 Å². The first-order valence-corrected chi connectivity index (χ1v) is 12.3. The molecule has 1 aliphatic carbocycles. The lowest BCUT2D eigenvalue weighted by Gasteiger charge is -2.30. The van der Waals surface area contributed by atoms with E-state index >= 15 is 0 Å². The van der Waals surface area contributed by atoms with Crippen LogP contribution in [0.25, 0.3) is 10.9 Å². The number of benzene rings is 2. The molecule has 7 nitrogen and oxygen atoms in total. The summed E-state index contributed by atoms with van der Waals surface area (Å²) in [5, 5.41) is 5.27. The van der Waals surface area contributed by atoms with Crippen molar-refractivity contribution in [3.05, 3.63) is 53.7 Å². The Balaban J connectivity index is 1.39. The minimum atomic E-state index is -3.65. The maximum atomic E-state index is 12.9. The standard InChI is InChI=1S/C23H26ClN3O4S/c1-30-22-10-8-18(14-23(22)31-2)32(28,29)27-17-6-4-16(5-7-17)26-20-11-12-25-21-13-15(24)3-9-19(20)21/h3,8-14,16-17,27H,4-7H2,1-2H3,(H,25,26). The van der Waals surface area contributed by atoms with Gasteiger partial charge in [-0.3, -0.25) is 4.98 Å². The van der Waals surface area contributed by atoms with Crippen molar-refractivity contribution in [2.45, 2.75) is 42.7 Å². The average molecular weight is 476 g/mol. The second kappa shape index (κ2) is 9.52. The van der Waals surface area contributed by atoms with E-state index in [1.807, 2.05) is 24.3 Å². The molecule has 2 N–H and O–H groups in total. The van der Waals surface area contributed by atoms with Gasteiger partial charge in [0.25, 0.3) is 0 Å². The first-order valence-electron chi connectivity index (χ1n) is 10.4. The van der Waals surface area contributed by atoms with E-state index in [2.05, 4.69) is 15.0 Å². The Morgan fingerprint density at radius 3 is 2.38 bits per heavy atom. The summed E-state index contributed by atoms with van der Waals surface area (Å²) in [6.07, 6.45) is 4.98. The maximum Gasteiger partial charge on any atom is 0.240 e.